The molecule has 1 N–H and O–H groups in total. The van der Waals surface area contributed by atoms with Gasteiger partial charge in [-0.05, 0) is 73.1 Å². The van der Waals surface area contributed by atoms with Crippen LogP contribution in [0.4, 0.5) is 13.2 Å². The van der Waals surface area contributed by atoms with E-state index in [9.17, 15) is 22.8 Å². The number of aromatic nitrogens is 3. The van der Waals surface area contributed by atoms with Crippen LogP contribution in [-0.2, 0) is 6.54 Å². The van der Waals surface area contributed by atoms with Gasteiger partial charge in [-0.15, -0.1) is 0 Å². The summed E-state index contributed by atoms with van der Waals surface area (Å²) in [6, 6.07) is 12.0. The molecule has 0 saturated heterocycles. The molecular formula is C29H25F3N4O3. The van der Waals surface area contributed by atoms with Gasteiger partial charge in [-0.25, -0.2) is 9.37 Å². The van der Waals surface area contributed by atoms with Gasteiger partial charge < -0.3 is 10.1 Å². The van der Waals surface area contributed by atoms with E-state index < -0.39 is 23.9 Å². The maximum atomic E-state index is 13.6. The van der Waals surface area contributed by atoms with Crippen molar-refractivity contribution in [1.29, 1.82) is 0 Å². The Morgan fingerprint density at radius 3 is 2.49 bits per heavy atom. The molecule has 4 aromatic rings. The number of nitrogens with zero attached hydrogens (tertiary/aromatic N) is 3. The molecule has 3 heterocycles. The van der Waals surface area contributed by atoms with Crippen molar-refractivity contribution < 1.29 is 22.7 Å². The number of hydrogen-bond donors (Lipinski definition) is 1. The summed E-state index contributed by atoms with van der Waals surface area (Å²) < 4.78 is 44.2. The fourth-order valence-corrected chi connectivity index (χ4v) is 5.65. The summed E-state index contributed by atoms with van der Waals surface area (Å²) >= 11 is 0. The number of carbonyl (C=O) groups excluding carboxylic acids is 1. The molecule has 2 fully saturated rings. The minimum absolute atomic E-state index is 0.00763. The maximum absolute atomic E-state index is 13.6. The second-order valence-corrected chi connectivity index (χ2v) is 10.4. The molecule has 1 amide bonds. The Hall–Kier alpha value is -4.21. The molecule has 2 aliphatic carbocycles. The third kappa shape index (κ3) is 4.98. The van der Waals surface area contributed by atoms with Crippen LogP contribution in [0.25, 0.3) is 22.3 Å². The minimum atomic E-state index is -2.96. The van der Waals surface area contributed by atoms with Crippen LogP contribution in [0.2, 0.25) is 0 Å². The average Bonchev–Trinajstić information content (AvgIpc) is 2.87. The number of ether oxygens (including phenoxy) is 1. The highest BCUT2D eigenvalue weighted by molar-refractivity contribution is 5.97. The quantitative estimate of drug-likeness (QED) is 0.347. The molecule has 0 unspecified atom stereocenters. The van der Waals surface area contributed by atoms with Crippen molar-refractivity contribution >= 4 is 16.9 Å². The molecule has 0 atom stereocenters. The van der Waals surface area contributed by atoms with Gasteiger partial charge in [-0.1, -0.05) is 18.6 Å². The zero-order valence-corrected chi connectivity index (χ0v) is 20.9. The second-order valence-electron chi connectivity index (χ2n) is 10.4. The fraction of sp³-hybridized carbons (Fsp3) is 0.310. The molecule has 0 aliphatic heterocycles. The van der Waals surface area contributed by atoms with Crippen LogP contribution in [0.5, 0.6) is 5.75 Å². The van der Waals surface area contributed by atoms with Crippen molar-refractivity contribution in [3.63, 3.8) is 0 Å². The largest absolute Gasteiger partial charge is 0.433 e. The summed E-state index contributed by atoms with van der Waals surface area (Å²) in [5, 5.41) is 3.54. The Balaban J connectivity index is 1.36. The smallest absolute Gasteiger partial charge is 0.387 e. The van der Waals surface area contributed by atoms with Gasteiger partial charge in [-0.3, -0.25) is 19.1 Å². The van der Waals surface area contributed by atoms with Gasteiger partial charge in [0, 0.05) is 23.2 Å². The van der Waals surface area contributed by atoms with Crippen LogP contribution < -0.4 is 15.6 Å². The van der Waals surface area contributed by atoms with Crippen molar-refractivity contribution in [3.05, 3.63) is 88.2 Å². The summed E-state index contributed by atoms with van der Waals surface area (Å²) in [5.41, 5.74) is 1.90. The van der Waals surface area contributed by atoms with Gasteiger partial charge in [0.2, 0.25) is 0 Å². The lowest BCUT2D eigenvalue weighted by atomic mass is 9.54. The molecule has 0 radical (unpaired) electrons. The molecule has 0 bridgehead atoms. The first-order valence-corrected chi connectivity index (χ1v) is 12.8. The Kier molecular flexibility index (Phi) is 6.32. The fourth-order valence-electron chi connectivity index (χ4n) is 5.65. The van der Waals surface area contributed by atoms with Crippen LogP contribution >= 0.6 is 0 Å². The predicted molar refractivity (Wildman–Crippen MR) is 138 cm³/mol. The molecule has 3 aromatic heterocycles. The van der Waals surface area contributed by atoms with E-state index in [0.717, 1.165) is 12.8 Å². The number of fused-ring (bicyclic) bond motifs is 1. The normalized spacial score (nSPS) is 16.2. The first kappa shape index (κ1) is 25.1. The molecule has 1 aromatic carbocycles. The van der Waals surface area contributed by atoms with Crippen molar-refractivity contribution in [1.82, 2.24) is 19.9 Å². The predicted octanol–water partition coefficient (Wildman–Crippen LogP) is 5.31. The monoisotopic (exact) mass is 534 g/mol. The van der Waals surface area contributed by atoms with E-state index in [1.54, 1.807) is 18.2 Å². The molecule has 200 valence electrons. The number of alkyl halides is 2. The zero-order chi connectivity index (χ0) is 27.1. The third-order valence-electron chi connectivity index (χ3n) is 7.79. The van der Waals surface area contributed by atoms with Crippen LogP contribution in [0, 0.1) is 11.2 Å². The number of rotatable bonds is 7. The standard InChI is InChI=1S/C29H25F3N4O3/c30-20-4-2-17(3-5-20)16-36-25-18(10-19(14-34-25)24-7-6-22(15-33-24)39-28(31)32)11-23(27(36)38)26(37)35-21-12-29(13-21)8-1-9-29/h2-7,10-11,14-15,21,28H,1,8-9,12-13,16H2,(H,35,37). The Morgan fingerprint density at radius 2 is 1.85 bits per heavy atom. The van der Waals surface area contributed by atoms with Gasteiger partial charge >= 0.3 is 6.61 Å². The van der Waals surface area contributed by atoms with Crippen LogP contribution in [0.1, 0.15) is 48.0 Å². The second kappa shape index (κ2) is 9.83. The van der Waals surface area contributed by atoms with E-state index in [-0.39, 0.29) is 23.9 Å². The summed E-state index contributed by atoms with van der Waals surface area (Å²) in [5.74, 6) is -0.908. The summed E-state index contributed by atoms with van der Waals surface area (Å²) in [6.45, 7) is -2.87. The van der Waals surface area contributed by atoms with Gasteiger partial charge in [0.15, 0.2) is 0 Å². The Morgan fingerprint density at radius 1 is 1.08 bits per heavy atom. The lowest BCUT2D eigenvalue weighted by Crippen LogP contribution is -2.54. The van der Waals surface area contributed by atoms with Gasteiger partial charge in [0.25, 0.3) is 11.5 Å². The van der Waals surface area contributed by atoms with E-state index in [1.807, 2.05) is 0 Å². The number of amides is 1. The zero-order valence-electron chi connectivity index (χ0n) is 20.9. The number of benzene rings is 1. The highest BCUT2D eigenvalue weighted by Gasteiger charge is 2.48. The summed E-state index contributed by atoms with van der Waals surface area (Å²) in [6.07, 6.45) is 8.18. The van der Waals surface area contributed by atoms with E-state index in [4.69, 9.17) is 0 Å². The van der Waals surface area contributed by atoms with Crippen molar-refractivity contribution in [3.8, 4) is 17.0 Å². The summed E-state index contributed by atoms with van der Waals surface area (Å²) in [4.78, 5) is 35.5. The highest BCUT2D eigenvalue weighted by Crippen LogP contribution is 2.55. The molecular weight excluding hydrogens is 509 g/mol. The van der Waals surface area contributed by atoms with Crippen molar-refractivity contribution in [2.75, 3.05) is 0 Å². The van der Waals surface area contributed by atoms with Gasteiger partial charge in [0.1, 0.15) is 22.8 Å². The first-order chi connectivity index (χ1) is 18.8. The Bertz CT molecular complexity index is 1590. The van der Waals surface area contributed by atoms with E-state index >= 15 is 0 Å². The summed E-state index contributed by atoms with van der Waals surface area (Å²) in [7, 11) is 0. The topological polar surface area (TPSA) is 86.1 Å². The molecule has 6 rings (SSSR count). The molecule has 39 heavy (non-hydrogen) atoms. The van der Waals surface area contributed by atoms with Crippen molar-refractivity contribution in [2.24, 2.45) is 5.41 Å². The number of pyridine rings is 3. The van der Waals surface area contributed by atoms with E-state index in [1.165, 1.54) is 66.6 Å². The lowest BCUT2D eigenvalue weighted by Gasteiger charge is -2.54. The van der Waals surface area contributed by atoms with Crippen LogP contribution in [0.15, 0.2) is 65.7 Å². The van der Waals surface area contributed by atoms with Crippen molar-refractivity contribution in [2.45, 2.75) is 51.3 Å². The molecule has 7 nitrogen and oxygen atoms in total. The first-order valence-electron chi connectivity index (χ1n) is 12.8. The number of carbonyl (C=O) groups is 1. The maximum Gasteiger partial charge on any atom is 0.387 e. The lowest BCUT2D eigenvalue weighted by molar-refractivity contribution is -0.0500. The van der Waals surface area contributed by atoms with Crippen LogP contribution in [0.3, 0.4) is 0 Å². The highest BCUT2D eigenvalue weighted by atomic mass is 19.3. The SMILES string of the molecule is O=C(NC1CC2(CCC2)C1)c1cc2cc(-c3ccc(OC(F)F)cn3)cnc2n(Cc2ccc(F)cc2)c1=O. The third-order valence-corrected chi connectivity index (χ3v) is 7.79. The van der Waals surface area contributed by atoms with Crippen LogP contribution in [-0.4, -0.2) is 33.1 Å². The molecule has 2 aliphatic rings. The van der Waals surface area contributed by atoms with Gasteiger partial charge in [0.05, 0.1) is 18.4 Å². The molecule has 1 spiro atoms. The van der Waals surface area contributed by atoms with E-state index in [2.05, 4.69) is 20.0 Å². The number of halogens is 3. The van der Waals surface area contributed by atoms with Gasteiger partial charge in [-0.2, -0.15) is 8.78 Å². The number of nitrogens with one attached hydrogen (secondary N) is 1. The average molecular weight is 535 g/mol. The number of hydrogen-bond acceptors (Lipinski definition) is 5. The Labute approximate surface area is 221 Å². The molecule has 2 saturated carbocycles. The molecule has 10 heteroatoms. The minimum Gasteiger partial charge on any atom is -0.433 e. The van der Waals surface area contributed by atoms with E-state index in [0.29, 0.717) is 33.3 Å².